The number of non-ortho nitro benzene ring substituents is 1. The monoisotopic (exact) mass is 451 g/mol. The highest BCUT2D eigenvalue weighted by atomic mass is 35.5. The molecule has 2 aromatic carbocycles. The molecule has 2 amide bonds. The Morgan fingerprint density at radius 2 is 1.90 bits per heavy atom. The first-order chi connectivity index (χ1) is 14.6. The standard InChI is InChI=1S/C20H19ClFN3O6/c1-11(2)18(24-19(27)15-7-6-14(25(29)30)9-16(15)21)20(28)31-10-17(26)23-13-5-3-4-12(22)8-13/h3-9,11,18H,10H2,1-2H3,(H,23,26)(H,24,27)/t18-/m0/s1. The number of rotatable bonds is 8. The van der Waals surface area contributed by atoms with Gasteiger partial charge in [-0.05, 0) is 30.2 Å². The second-order valence-electron chi connectivity index (χ2n) is 6.78. The van der Waals surface area contributed by atoms with Crippen molar-refractivity contribution in [3.63, 3.8) is 0 Å². The van der Waals surface area contributed by atoms with E-state index in [1.165, 1.54) is 24.3 Å². The zero-order chi connectivity index (χ0) is 23.1. The second-order valence-corrected chi connectivity index (χ2v) is 7.19. The first kappa shape index (κ1) is 23.7. The van der Waals surface area contributed by atoms with Crippen molar-refractivity contribution in [3.05, 3.63) is 69.0 Å². The van der Waals surface area contributed by atoms with Crippen molar-refractivity contribution in [2.45, 2.75) is 19.9 Å². The number of benzene rings is 2. The van der Waals surface area contributed by atoms with E-state index < -0.39 is 47.1 Å². The molecule has 0 aromatic heterocycles. The van der Waals surface area contributed by atoms with E-state index in [9.17, 15) is 28.9 Å². The Morgan fingerprint density at radius 3 is 2.48 bits per heavy atom. The van der Waals surface area contributed by atoms with Crippen molar-refractivity contribution in [2.24, 2.45) is 5.92 Å². The number of anilines is 1. The third-order valence-electron chi connectivity index (χ3n) is 4.07. The molecule has 0 spiro atoms. The van der Waals surface area contributed by atoms with Gasteiger partial charge in [-0.15, -0.1) is 0 Å². The number of carbonyl (C=O) groups is 3. The van der Waals surface area contributed by atoms with E-state index in [-0.39, 0.29) is 22.0 Å². The van der Waals surface area contributed by atoms with Crippen LogP contribution in [0.3, 0.4) is 0 Å². The van der Waals surface area contributed by atoms with E-state index in [4.69, 9.17) is 16.3 Å². The summed E-state index contributed by atoms with van der Waals surface area (Å²) in [6.07, 6.45) is 0. The van der Waals surface area contributed by atoms with Crippen LogP contribution in [0.25, 0.3) is 0 Å². The highest BCUT2D eigenvalue weighted by Crippen LogP contribution is 2.22. The number of esters is 1. The first-order valence-corrected chi connectivity index (χ1v) is 9.43. The number of carbonyl (C=O) groups excluding carboxylic acids is 3. The van der Waals surface area contributed by atoms with Gasteiger partial charge in [-0.25, -0.2) is 9.18 Å². The molecule has 0 saturated heterocycles. The summed E-state index contributed by atoms with van der Waals surface area (Å²) in [6.45, 7) is 2.65. The maximum Gasteiger partial charge on any atom is 0.329 e. The number of nitro groups is 1. The minimum atomic E-state index is -1.11. The molecule has 164 valence electrons. The van der Waals surface area contributed by atoms with Crippen molar-refractivity contribution >= 4 is 40.8 Å². The summed E-state index contributed by atoms with van der Waals surface area (Å²) in [6, 6.07) is 7.38. The summed E-state index contributed by atoms with van der Waals surface area (Å²) >= 11 is 5.94. The van der Waals surface area contributed by atoms with Crippen LogP contribution in [0.2, 0.25) is 5.02 Å². The molecule has 0 unspecified atom stereocenters. The maximum absolute atomic E-state index is 13.2. The normalized spacial score (nSPS) is 11.5. The summed E-state index contributed by atoms with van der Waals surface area (Å²) in [5, 5.41) is 15.5. The minimum Gasteiger partial charge on any atom is -0.454 e. The van der Waals surface area contributed by atoms with Crippen molar-refractivity contribution in [3.8, 4) is 0 Å². The maximum atomic E-state index is 13.2. The molecule has 0 aliphatic heterocycles. The third-order valence-corrected chi connectivity index (χ3v) is 4.38. The smallest absolute Gasteiger partial charge is 0.329 e. The number of nitrogens with zero attached hydrogens (tertiary/aromatic N) is 1. The Balaban J connectivity index is 1.99. The Morgan fingerprint density at radius 1 is 1.19 bits per heavy atom. The van der Waals surface area contributed by atoms with Crippen molar-refractivity contribution in [1.82, 2.24) is 5.32 Å². The van der Waals surface area contributed by atoms with Crippen LogP contribution in [-0.4, -0.2) is 35.4 Å². The molecule has 0 aliphatic carbocycles. The van der Waals surface area contributed by atoms with Crippen LogP contribution in [0.1, 0.15) is 24.2 Å². The number of ether oxygens (including phenoxy) is 1. The molecule has 9 nitrogen and oxygen atoms in total. The van der Waals surface area contributed by atoms with Gasteiger partial charge in [-0.1, -0.05) is 31.5 Å². The summed E-state index contributed by atoms with van der Waals surface area (Å²) in [4.78, 5) is 46.9. The van der Waals surface area contributed by atoms with Gasteiger partial charge in [0.2, 0.25) is 0 Å². The highest BCUT2D eigenvalue weighted by Gasteiger charge is 2.28. The second kappa shape index (κ2) is 10.5. The summed E-state index contributed by atoms with van der Waals surface area (Å²) in [5.74, 6) is -3.23. The van der Waals surface area contributed by atoms with Crippen molar-refractivity contribution in [2.75, 3.05) is 11.9 Å². The lowest BCUT2D eigenvalue weighted by Crippen LogP contribution is -2.46. The Labute approximate surface area is 181 Å². The number of nitrogens with one attached hydrogen (secondary N) is 2. The third kappa shape index (κ3) is 6.75. The predicted octanol–water partition coefficient (Wildman–Crippen LogP) is 3.32. The van der Waals surface area contributed by atoms with E-state index in [1.54, 1.807) is 13.8 Å². The van der Waals surface area contributed by atoms with E-state index in [0.29, 0.717) is 0 Å². The summed E-state index contributed by atoms with van der Waals surface area (Å²) < 4.78 is 18.1. The topological polar surface area (TPSA) is 128 Å². The molecule has 1 atom stereocenters. The Bertz CT molecular complexity index is 1010. The number of halogens is 2. The van der Waals surface area contributed by atoms with Crippen LogP contribution >= 0.6 is 11.6 Å². The molecule has 2 N–H and O–H groups in total. The fraction of sp³-hybridized carbons (Fsp3) is 0.250. The molecule has 0 aliphatic rings. The molecular formula is C20H19ClFN3O6. The Hall–Kier alpha value is -3.53. The lowest BCUT2D eigenvalue weighted by molar-refractivity contribution is -0.384. The van der Waals surface area contributed by atoms with E-state index >= 15 is 0 Å². The summed E-state index contributed by atoms with van der Waals surface area (Å²) in [5.41, 5.74) is -0.150. The zero-order valence-corrected chi connectivity index (χ0v) is 17.3. The van der Waals surface area contributed by atoms with E-state index in [0.717, 1.165) is 18.2 Å². The highest BCUT2D eigenvalue weighted by molar-refractivity contribution is 6.34. The minimum absolute atomic E-state index is 0.0606. The molecule has 0 heterocycles. The van der Waals surface area contributed by atoms with Crippen LogP contribution in [0, 0.1) is 21.8 Å². The van der Waals surface area contributed by atoms with Gasteiger partial charge in [0, 0.05) is 17.8 Å². The molecule has 11 heteroatoms. The molecule has 0 radical (unpaired) electrons. The van der Waals surface area contributed by atoms with Gasteiger partial charge in [-0.2, -0.15) is 0 Å². The molecular weight excluding hydrogens is 433 g/mol. The average molecular weight is 452 g/mol. The van der Waals surface area contributed by atoms with Crippen LogP contribution in [0.4, 0.5) is 15.8 Å². The predicted molar refractivity (Wildman–Crippen MR) is 110 cm³/mol. The van der Waals surface area contributed by atoms with E-state index in [1.807, 2.05) is 0 Å². The number of hydrogen-bond acceptors (Lipinski definition) is 6. The zero-order valence-electron chi connectivity index (χ0n) is 16.6. The number of nitro benzene ring substituents is 1. The van der Waals surface area contributed by atoms with Gasteiger partial charge < -0.3 is 15.4 Å². The van der Waals surface area contributed by atoms with Gasteiger partial charge >= 0.3 is 5.97 Å². The number of amides is 2. The Kier molecular flexibility index (Phi) is 8.03. The molecule has 0 bridgehead atoms. The van der Waals surface area contributed by atoms with Crippen LogP contribution < -0.4 is 10.6 Å². The SMILES string of the molecule is CC(C)[C@H](NC(=O)c1ccc([N+](=O)[O-])cc1Cl)C(=O)OCC(=O)Nc1cccc(F)c1. The van der Waals surface area contributed by atoms with Gasteiger partial charge in [0.1, 0.15) is 11.9 Å². The van der Waals surface area contributed by atoms with Crippen molar-refractivity contribution < 1.29 is 28.4 Å². The molecule has 2 aromatic rings. The molecule has 0 saturated carbocycles. The first-order valence-electron chi connectivity index (χ1n) is 9.05. The lowest BCUT2D eigenvalue weighted by Gasteiger charge is -2.21. The van der Waals surface area contributed by atoms with Crippen LogP contribution in [-0.2, 0) is 14.3 Å². The average Bonchev–Trinajstić information content (AvgIpc) is 2.69. The van der Waals surface area contributed by atoms with Crippen LogP contribution in [0.5, 0.6) is 0 Å². The molecule has 31 heavy (non-hydrogen) atoms. The van der Waals surface area contributed by atoms with Gasteiger partial charge in [0.05, 0.1) is 15.5 Å². The fourth-order valence-electron chi connectivity index (χ4n) is 2.51. The summed E-state index contributed by atoms with van der Waals surface area (Å²) in [7, 11) is 0. The van der Waals surface area contributed by atoms with Crippen LogP contribution in [0.15, 0.2) is 42.5 Å². The largest absolute Gasteiger partial charge is 0.454 e. The van der Waals surface area contributed by atoms with Gasteiger partial charge in [0.15, 0.2) is 6.61 Å². The quantitative estimate of drug-likeness (QED) is 0.360. The van der Waals surface area contributed by atoms with Crippen molar-refractivity contribution in [1.29, 1.82) is 0 Å². The lowest BCUT2D eigenvalue weighted by atomic mass is 10.0. The number of hydrogen-bond donors (Lipinski definition) is 2. The van der Waals surface area contributed by atoms with Gasteiger partial charge in [-0.3, -0.25) is 19.7 Å². The van der Waals surface area contributed by atoms with Gasteiger partial charge in [0.25, 0.3) is 17.5 Å². The van der Waals surface area contributed by atoms with E-state index in [2.05, 4.69) is 10.6 Å². The fourth-order valence-corrected chi connectivity index (χ4v) is 2.77. The molecule has 0 fully saturated rings. The molecule has 2 rings (SSSR count).